The van der Waals surface area contributed by atoms with Gasteiger partial charge in [0, 0.05) is 22.5 Å². The average molecular weight is 503 g/mol. The molecule has 0 radical (unpaired) electrons. The molecule has 1 aliphatic rings. The third-order valence-electron chi connectivity index (χ3n) is 5.30. The van der Waals surface area contributed by atoms with E-state index in [0.29, 0.717) is 26.8 Å². The Balaban J connectivity index is 1.55. The molecule has 11 heteroatoms. The van der Waals surface area contributed by atoms with Crippen molar-refractivity contribution in [3.05, 3.63) is 52.9 Å². The first-order valence-electron chi connectivity index (χ1n) is 9.79. The van der Waals surface area contributed by atoms with E-state index >= 15 is 0 Å². The number of nitrogens with two attached hydrogens (primary N) is 1. The highest BCUT2D eigenvalue weighted by atomic mass is 79.9. The molecule has 0 aliphatic carbocycles. The molecule has 3 aromatic rings. The number of benzene rings is 1. The summed E-state index contributed by atoms with van der Waals surface area (Å²) in [6.07, 6.45) is 1.43. The third-order valence-corrected chi connectivity index (χ3v) is 6.10. The molecular formula is C21H20BrFN6O3. The summed E-state index contributed by atoms with van der Waals surface area (Å²) in [6, 6.07) is 6.22. The van der Waals surface area contributed by atoms with Crippen LogP contribution in [0.5, 0.6) is 0 Å². The van der Waals surface area contributed by atoms with Gasteiger partial charge in [-0.3, -0.25) is 14.3 Å². The fourth-order valence-corrected chi connectivity index (χ4v) is 4.06. The molecule has 4 rings (SSSR count). The molecular weight excluding hydrogens is 483 g/mol. The molecule has 4 amide bonds. The number of alkyl halides is 1. The Kier molecular flexibility index (Phi) is 5.83. The van der Waals surface area contributed by atoms with Crippen molar-refractivity contribution in [1.29, 1.82) is 0 Å². The summed E-state index contributed by atoms with van der Waals surface area (Å²) >= 11 is 3.35. The lowest BCUT2D eigenvalue weighted by atomic mass is 10.2. The van der Waals surface area contributed by atoms with Gasteiger partial charge in [-0.05, 0) is 35.0 Å². The number of pyridine rings is 1. The second kappa shape index (κ2) is 8.58. The van der Waals surface area contributed by atoms with Gasteiger partial charge in [-0.2, -0.15) is 0 Å². The van der Waals surface area contributed by atoms with Crippen LogP contribution in [0.4, 0.5) is 25.4 Å². The van der Waals surface area contributed by atoms with Crippen molar-refractivity contribution in [2.45, 2.75) is 25.6 Å². The fraction of sp³-hybridized carbons (Fsp3) is 0.238. The van der Waals surface area contributed by atoms with Gasteiger partial charge in [0.1, 0.15) is 12.2 Å². The Labute approximate surface area is 190 Å². The predicted molar refractivity (Wildman–Crippen MR) is 121 cm³/mol. The molecule has 0 bridgehead atoms. The SMILES string of the molecule is Cc1ncc(NC(=O)[C@@H]2C[C@@H](F)CN2C(=O)Nc2cn(C(N)=O)c3ccccc23)cc1Br. The minimum absolute atomic E-state index is 0.122. The number of aryl methyl sites for hydroxylation is 1. The summed E-state index contributed by atoms with van der Waals surface area (Å²) in [5, 5.41) is 5.95. The standard InChI is InChI=1S/C21H20BrFN6O3/c1-11-15(22)7-13(8-25-11)26-19(30)18-6-12(23)9-29(18)21(32)27-16-10-28(20(24)31)17-5-3-2-4-14(16)17/h2-5,7-8,10,12,18H,6,9H2,1H3,(H2,24,31)(H,26,30)(H,27,32)/t12-,18+/m1/s1. The third kappa shape index (κ3) is 4.15. The first-order valence-corrected chi connectivity index (χ1v) is 10.6. The topological polar surface area (TPSA) is 122 Å². The molecule has 0 spiro atoms. The number of likely N-dealkylation sites (tertiary alicyclic amines) is 1. The predicted octanol–water partition coefficient (Wildman–Crippen LogP) is 3.62. The van der Waals surface area contributed by atoms with E-state index < -0.39 is 30.2 Å². The van der Waals surface area contributed by atoms with Crippen LogP contribution in [0.1, 0.15) is 12.1 Å². The summed E-state index contributed by atoms with van der Waals surface area (Å²) in [5.41, 5.74) is 7.44. The highest BCUT2D eigenvalue weighted by molar-refractivity contribution is 9.10. The van der Waals surface area contributed by atoms with E-state index in [2.05, 4.69) is 31.5 Å². The highest BCUT2D eigenvalue weighted by Crippen LogP contribution is 2.28. The van der Waals surface area contributed by atoms with Gasteiger partial charge in [-0.15, -0.1) is 0 Å². The molecule has 1 fully saturated rings. The van der Waals surface area contributed by atoms with Crippen LogP contribution in [-0.4, -0.2) is 51.2 Å². The number of anilines is 2. The Morgan fingerprint density at radius 2 is 2.00 bits per heavy atom. The number of primary amides is 1. The van der Waals surface area contributed by atoms with Crippen molar-refractivity contribution >= 4 is 56.2 Å². The second-order valence-electron chi connectivity index (χ2n) is 7.48. The monoisotopic (exact) mass is 502 g/mol. The molecule has 2 aromatic heterocycles. The number of hydrogen-bond acceptors (Lipinski definition) is 4. The van der Waals surface area contributed by atoms with Crippen molar-refractivity contribution < 1.29 is 18.8 Å². The quantitative estimate of drug-likeness (QED) is 0.506. The number of hydrogen-bond donors (Lipinski definition) is 3. The van der Waals surface area contributed by atoms with Crippen LogP contribution in [-0.2, 0) is 4.79 Å². The number of urea groups is 1. The Hall–Kier alpha value is -3.47. The maximum atomic E-state index is 14.2. The Morgan fingerprint density at radius 3 is 2.72 bits per heavy atom. The molecule has 166 valence electrons. The van der Waals surface area contributed by atoms with Crippen LogP contribution in [0.2, 0.25) is 0 Å². The molecule has 2 atom stereocenters. The van der Waals surface area contributed by atoms with Gasteiger partial charge in [-0.25, -0.2) is 14.0 Å². The van der Waals surface area contributed by atoms with Gasteiger partial charge in [0.05, 0.1) is 35.3 Å². The molecule has 4 N–H and O–H groups in total. The number of amides is 4. The molecule has 1 aromatic carbocycles. The first kappa shape index (κ1) is 21.8. The average Bonchev–Trinajstić information content (AvgIpc) is 3.32. The van der Waals surface area contributed by atoms with Gasteiger partial charge in [0.15, 0.2) is 0 Å². The zero-order valence-corrected chi connectivity index (χ0v) is 18.6. The molecule has 9 nitrogen and oxygen atoms in total. The van der Waals surface area contributed by atoms with E-state index in [1.807, 2.05) is 6.92 Å². The number of carbonyl (C=O) groups is 3. The van der Waals surface area contributed by atoms with Crippen molar-refractivity contribution in [2.75, 3.05) is 17.2 Å². The largest absolute Gasteiger partial charge is 0.351 e. The number of fused-ring (bicyclic) bond motifs is 1. The van der Waals surface area contributed by atoms with Crippen LogP contribution in [0.15, 0.2) is 47.2 Å². The smallest absolute Gasteiger partial charge is 0.323 e. The number of carbonyl (C=O) groups excluding carboxylic acids is 3. The normalized spacial score (nSPS) is 18.0. The van der Waals surface area contributed by atoms with Crippen LogP contribution in [0.3, 0.4) is 0 Å². The number of nitrogens with zero attached hydrogens (tertiary/aromatic N) is 3. The van der Waals surface area contributed by atoms with Crippen LogP contribution in [0.25, 0.3) is 10.9 Å². The highest BCUT2D eigenvalue weighted by Gasteiger charge is 2.40. The zero-order chi connectivity index (χ0) is 23.0. The molecule has 3 heterocycles. The minimum atomic E-state index is -1.34. The number of aromatic nitrogens is 2. The van der Waals surface area contributed by atoms with Gasteiger partial charge >= 0.3 is 12.1 Å². The molecule has 0 unspecified atom stereocenters. The second-order valence-corrected chi connectivity index (χ2v) is 8.33. The summed E-state index contributed by atoms with van der Waals surface area (Å²) in [5.74, 6) is -0.516. The summed E-state index contributed by atoms with van der Waals surface area (Å²) in [6.45, 7) is 1.58. The summed E-state index contributed by atoms with van der Waals surface area (Å²) < 4.78 is 16.1. The lowest BCUT2D eigenvalue weighted by Crippen LogP contribution is -2.45. The van der Waals surface area contributed by atoms with Crippen molar-refractivity contribution in [2.24, 2.45) is 5.73 Å². The van der Waals surface area contributed by atoms with Crippen molar-refractivity contribution in [1.82, 2.24) is 14.5 Å². The van der Waals surface area contributed by atoms with Crippen molar-refractivity contribution in [3.8, 4) is 0 Å². The van der Waals surface area contributed by atoms with Gasteiger partial charge < -0.3 is 21.3 Å². The Bertz CT molecular complexity index is 1230. The van der Waals surface area contributed by atoms with Crippen LogP contribution < -0.4 is 16.4 Å². The van der Waals surface area contributed by atoms with Crippen LogP contribution >= 0.6 is 15.9 Å². The van der Waals surface area contributed by atoms with E-state index in [4.69, 9.17) is 5.73 Å². The van der Waals surface area contributed by atoms with E-state index in [1.165, 1.54) is 17.0 Å². The maximum Gasteiger partial charge on any atom is 0.323 e. The summed E-state index contributed by atoms with van der Waals surface area (Å²) in [4.78, 5) is 42.8. The van der Waals surface area contributed by atoms with E-state index in [9.17, 15) is 18.8 Å². The molecule has 1 aliphatic heterocycles. The van der Waals surface area contributed by atoms with Gasteiger partial charge in [0.25, 0.3) is 0 Å². The summed E-state index contributed by atoms with van der Waals surface area (Å²) in [7, 11) is 0. The first-order chi connectivity index (χ1) is 15.2. The number of rotatable bonds is 3. The fourth-order valence-electron chi connectivity index (χ4n) is 3.71. The number of para-hydroxylation sites is 1. The molecule has 32 heavy (non-hydrogen) atoms. The van der Waals surface area contributed by atoms with Crippen molar-refractivity contribution in [3.63, 3.8) is 0 Å². The zero-order valence-electron chi connectivity index (χ0n) is 17.0. The van der Waals surface area contributed by atoms with E-state index in [-0.39, 0.29) is 13.0 Å². The lowest BCUT2D eigenvalue weighted by Gasteiger charge is -2.23. The minimum Gasteiger partial charge on any atom is -0.351 e. The van der Waals surface area contributed by atoms with E-state index in [0.717, 1.165) is 10.6 Å². The maximum absolute atomic E-state index is 14.2. The number of halogens is 2. The number of nitrogens with one attached hydrogen (secondary N) is 2. The van der Waals surface area contributed by atoms with Crippen LogP contribution in [0, 0.1) is 6.92 Å². The van der Waals surface area contributed by atoms with E-state index in [1.54, 1.807) is 30.3 Å². The Morgan fingerprint density at radius 1 is 1.25 bits per heavy atom. The van der Waals surface area contributed by atoms with Gasteiger partial charge in [0.2, 0.25) is 5.91 Å². The lowest BCUT2D eigenvalue weighted by molar-refractivity contribution is -0.119. The van der Waals surface area contributed by atoms with Gasteiger partial charge in [-0.1, -0.05) is 18.2 Å². The molecule has 1 saturated heterocycles. The molecule has 0 saturated carbocycles.